The summed E-state index contributed by atoms with van der Waals surface area (Å²) >= 11 is 3.24. The van der Waals surface area contributed by atoms with E-state index in [0.717, 1.165) is 60.4 Å². The second-order valence-corrected chi connectivity index (χ2v) is 10.6. The van der Waals surface area contributed by atoms with Crippen molar-refractivity contribution in [3.8, 4) is 22.1 Å². The van der Waals surface area contributed by atoms with Crippen molar-refractivity contribution in [2.75, 3.05) is 12.1 Å². The van der Waals surface area contributed by atoms with Gasteiger partial charge in [0, 0.05) is 22.9 Å². The SMILES string of the molecule is Cc1c(Cc2ccc3c(c2)OCO3)sc(NC(=O)/C=C\c2ccccc2)c1-c1nc2ccccc2s1. The molecule has 1 aliphatic heterocycles. The molecule has 6 rings (SSSR count). The molecule has 3 heterocycles. The second-order valence-electron chi connectivity index (χ2n) is 8.44. The van der Waals surface area contributed by atoms with Gasteiger partial charge >= 0.3 is 0 Å². The molecule has 0 radical (unpaired) electrons. The average Bonchev–Trinajstić information content (AvgIpc) is 3.60. The lowest BCUT2D eigenvalue weighted by Gasteiger charge is -2.04. The number of fused-ring (bicyclic) bond motifs is 2. The first-order chi connectivity index (χ1) is 17.6. The third-order valence-corrected chi connectivity index (χ3v) is 8.28. The van der Waals surface area contributed by atoms with E-state index in [2.05, 4.69) is 24.4 Å². The van der Waals surface area contributed by atoms with Crippen molar-refractivity contribution in [1.82, 2.24) is 4.98 Å². The molecule has 0 saturated carbocycles. The quantitative estimate of drug-likeness (QED) is 0.243. The van der Waals surface area contributed by atoms with Gasteiger partial charge in [0.15, 0.2) is 11.5 Å². The molecule has 3 aromatic carbocycles. The molecule has 7 heteroatoms. The Hall–Kier alpha value is -3.94. The normalized spacial score (nSPS) is 12.5. The number of aromatic nitrogens is 1. The minimum absolute atomic E-state index is 0.169. The molecule has 36 heavy (non-hydrogen) atoms. The first-order valence-electron chi connectivity index (χ1n) is 11.5. The van der Waals surface area contributed by atoms with Gasteiger partial charge in [0.05, 0.1) is 10.2 Å². The summed E-state index contributed by atoms with van der Waals surface area (Å²) < 4.78 is 12.1. The number of para-hydroxylation sites is 1. The number of anilines is 1. The van der Waals surface area contributed by atoms with E-state index in [1.54, 1.807) is 28.7 Å². The summed E-state index contributed by atoms with van der Waals surface area (Å²) in [6, 6.07) is 23.9. The van der Waals surface area contributed by atoms with E-state index < -0.39 is 0 Å². The molecule has 0 atom stereocenters. The van der Waals surface area contributed by atoms with Crippen molar-refractivity contribution in [2.45, 2.75) is 13.3 Å². The molecule has 0 aliphatic carbocycles. The fraction of sp³-hybridized carbons (Fsp3) is 0.103. The minimum Gasteiger partial charge on any atom is -0.454 e. The fourth-order valence-electron chi connectivity index (χ4n) is 4.18. The van der Waals surface area contributed by atoms with Gasteiger partial charge in [0.25, 0.3) is 0 Å². The van der Waals surface area contributed by atoms with Crippen molar-refractivity contribution < 1.29 is 14.3 Å². The highest BCUT2D eigenvalue weighted by atomic mass is 32.1. The molecular weight excluding hydrogens is 488 g/mol. The van der Waals surface area contributed by atoms with E-state index in [1.807, 2.05) is 66.7 Å². The summed E-state index contributed by atoms with van der Waals surface area (Å²) in [7, 11) is 0. The Kier molecular flexibility index (Phi) is 6.01. The van der Waals surface area contributed by atoms with Crippen LogP contribution in [0.15, 0.2) is 78.9 Å². The molecule has 0 saturated heterocycles. The van der Waals surface area contributed by atoms with Gasteiger partial charge in [-0.05, 0) is 54.0 Å². The molecule has 5 aromatic rings. The summed E-state index contributed by atoms with van der Waals surface area (Å²) in [6.45, 7) is 2.36. The summed E-state index contributed by atoms with van der Waals surface area (Å²) in [5, 5.41) is 4.84. The Morgan fingerprint density at radius 3 is 2.67 bits per heavy atom. The number of rotatable bonds is 6. The molecule has 2 aromatic heterocycles. The highest BCUT2D eigenvalue weighted by Gasteiger charge is 2.22. The Balaban J connectivity index is 1.35. The maximum atomic E-state index is 12.9. The highest BCUT2D eigenvalue weighted by molar-refractivity contribution is 7.22. The molecule has 5 nitrogen and oxygen atoms in total. The highest BCUT2D eigenvalue weighted by Crippen LogP contribution is 2.44. The van der Waals surface area contributed by atoms with Gasteiger partial charge in [-0.1, -0.05) is 48.5 Å². The number of amides is 1. The van der Waals surface area contributed by atoms with Crippen LogP contribution in [0, 0.1) is 6.92 Å². The van der Waals surface area contributed by atoms with Crippen LogP contribution in [-0.4, -0.2) is 17.7 Å². The molecule has 1 aliphatic rings. The number of benzene rings is 3. The van der Waals surface area contributed by atoms with E-state index >= 15 is 0 Å². The van der Waals surface area contributed by atoms with E-state index in [-0.39, 0.29) is 12.7 Å². The van der Waals surface area contributed by atoms with E-state index in [9.17, 15) is 4.79 Å². The molecule has 0 fully saturated rings. The monoisotopic (exact) mass is 510 g/mol. The van der Waals surface area contributed by atoms with Crippen molar-refractivity contribution in [3.63, 3.8) is 0 Å². The Morgan fingerprint density at radius 1 is 1.00 bits per heavy atom. The van der Waals surface area contributed by atoms with Crippen molar-refractivity contribution >= 4 is 49.9 Å². The van der Waals surface area contributed by atoms with Crippen LogP contribution in [0.5, 0.6) is 11.5 Å². The van der Waals surface area contributed by atoms with Crippen molar-refractivity contribution in [1.29, 1.82) is 0 Å². The molecule has 1 amide bonds. The van der Waals surface area contributed by atoms with Gasteiger partial charge in [-0.3, -0.25) is 4.79 Å². The average molecular weight is 511 g/mol. The minimum atomic E-state index is -0.169. The van der Waals surface area contributed by atoms with Crippen LogP contribution >= 0.6 is 22.7 Å². The zero-order valence-electron chi connectivity index (χ0n) is 19.5. The van der Waals surface area contributed by atoms with Gasteiger partial charge in [-0.15, -0.1) is 22.7 Å². The third-order valence-electron chi connectivity index (χ3n) is 6.02. The third kappa shape index (κ3) is 4.51. The van der Waals surface area contributed by atoms with Gasteiger partial charge in [0.1, 0.15) is 10.0 Å². The number of ether oxygens (including phenoxy) is 2. The van der Waals surface area contributed by atoms with E-state index in [0.29, 0.717) is 0 Å². The van der Waals surface area contributed by atoms with Crippen molar-refractivity contribution in [3.05, 3.63) is 100 Å². The molecule has 0 unspecified atom stereocenters. The molecule has 1 N–H and O–H groups in total. The smallest absolute Gasteiger partial charge is 0.249 e. The van der Waals surface area contributed by atoms with Crippen LogP contribution in [0.3, 0.4) is 0 Å². The van der Waals surface area contributed by atoms with Crippen LogP contribution in [0.25, 0.3) is 26.9 Å². The molecule has 0 bridgehead atoms. The second kappa shape index (κ2) is 9.60. The van der Waals surface area contributed by atoms with Gasteiger partial charge in [0.2, 0.25) is 12.7 Å². The van der Waals surface area contributed by atoms with Crippen LogP contribution in [-0.2, 0) is 11.2 Å². The zero-order valence-corrected chi connectivity index (χ0v) is 21.1. The van der Waals surface area contributed by atoms with Crippen LogP contribution in [0.1, 0.15) is 21.6 Å². The lowest BCUT2D eigenvalue weighted by atomic mass is 10.1. The van der Waals surface area contributed by atoms with Gasteiger partial charge < -0.3 is 14.8 Å². The lowest BCUT2D eigenvalue weighted by molar-refractivity contribution is -0.111. The Labute approximate surface area is 216 Å². The molecule has 0 spiro atoms. The number of carbonyl (C=O) groups excluding carboxylic acids is 1. The molecule has 178 valence electrons. The number of hydrogen-bond acceptors (Lipinski definition) is 6. The summed E-state index contributed by atoms with van der Waals surface area (Å²) in [4.78, 5) is 19.0. The fourth-order valence-corrected chi connectivity index (χ4v) is 6.56. The number of thiophene rings is 1. The number of nitrogens with zero attached hydrogens (tertiary/aromatic N) is 1. The van der Waals surface area contributed by atoms with Crippen molar-refractivity contribution in [2.24, 2.45) is 0 Å². The number of nitrogens with one attached hydrogen (secondary N) is 1. The zero-order chi connectivity index (χ0) is 24.5. The maximum absolute atomic E-state index is 12.9. The van der Waals surface area contributed by atoms with E-state index in [4.69, 9.17) is 14.5 Å². The first-order valence-corrected chi connectivity index (χ1v) is 13.2. The predicted molar refractivity (Wildman–Crippen MR) is 147 cm³/mol. The van der Waals surface area contributed by atoms with Crippen LogP contribution < -0.4 is 14.8 Å². The summed E-state index contributed by atoms with van der Waals surface area (Å²) in [5.74, 6) is 1.37. The maximum Gasteiger partial charge on any atom is 0.249 e. The first kappa shape index (κ1) is 22.5. The van der Waals surface area contributed by atoms with Crippen LogP contribution in [0.4, 0.5) is 5.00 Å². The van der Waals surface area contributed by atoms with Crippen LogP contribution in [0.2, 0.25) is 0 Å². The Bertz CT molecular complexity index is 1570. The van der Waals surface area contributed by atoms with E-state index in [1.165, 1.54) is 4.88 Å². The molecular formula is C29H22N2O3S2. The summed E-state index contributed by atoms with van der Waals surface area (Å²) in [6.07, 6.45) is 4.12. The Morgan fingerprint density at radius 2 is 1.81 bits per heavy atom. The standard InChI is InChI=1S/C29H22N2O3S2/c1-18-25(16-20-11-13-22-23(15-20)34-17-33-22)36-29(31-26(32)14-12-19-7-3-2-4-8-19)27(18)28-30-21-9-5-6-10-24(21)35-28/h2-15H,16-17H2,1H3,(H,31,32)/b14-12-. The number of thiazole rings is 1. The number of carbonyl (C=O) groups is 1. The lowest BCUT2D eigenvalue weighted by Crippen LogP contribution is -2.07. The van der Waals surface area contributed by atoms with Gasteiger partial charge in [-0.2, -0.15) is 0 Å². The summed E-state index contributed by atoms with van der Waals surface area (Å²) in [5.41, 5.74) is 5.17. The topological polar surface area (TPSA) is 60.5 Å². The van der Waals surface area contributed by atoms with Gasteiger partial charge in [-0.25, -0.2) is 4.98 Å². The number of hydrogen-bond donors (Lipinski definition) is 1. The predicted octanol–water partition coefficient (Wildman–Crippen LogP) is 7.30. The largest absolute Gasteiger partial charge is 0.454 e.